The van der Waals surface area contributed by atoms with Crippen LogP contribution < -0.4 is 4.74 Å². The van der Waals surface area contributed by atoms with Gasteiger partial charge in [0.1, 0.15) is 5.60 Å². The van der Waals surface area contributed by atoms with Crippen LogP contribution in [0.15, 0.2) is 0 Å². The molecule has 2 rings (SSSR count). The smallest absolute Gasteiger partial charge is 0.252 e. The van der Waals surface area contributed by atoms with Gasteiger partial charge in [-0.1, -0.05) is 33.1 Å². The van der Waals surface area contributed by atoms with Gasteiger partial charge >= 0.3 is 0 Å². The van der Waals surface area contributed by atoms with Crippen molar-refractivity contribution < 1.29 is 9.84 Å². The number of aliphatic hydroxyl groups is 1. The number of rotatable bonds is 7. The van der Waals surface area contributed by atoms with Crippen LogP contribution in [0.25, 0.3) is 0 Å². The molecule has 2 atom stereocenters. The topological polar surface area (TPSA) is 58.5 Å². The van der Waals surface area contributed by atoms with E-state index in [0.29, 0.717) is 24.7 Å². The molecule has 1 aliphatic heterocycles. The van der Waals surface area contributed by atoms with Gasteiger partial charge in [-0.2, -0.15) is 4.37 Å². The molecule has 1 aromatic heterocycles. The molecule has 0 radical (unpaired) electrons. The highest BCUT2D eigenvalue weighted by molar-refractivity contribution is 6.99. The van der Waals surface area contributed by atoms with E-state index in [1.54, 1.807) is 0 Å². The lowest BCUT2D eigenvalue weighted by Crippen LogP contribution is -2.49. The highest BCUT2D eigenvalue weighted by Crippen LogP contribution is 2.39. The first kappa shape index (κ1) is 16.6. The van der Waals surface area contributed by atoms with Crippen LogP contribution in [0.2, 0.25) is 0 Å². The van der Waals surface area contributed by atoms with Gasteiger partial charge in [0.15, 0.2) is 5.69 Å². The van der Waals surface area contributed by atoms with Gasteiger partial charge in [0, 0.05) is 6.54 Å². The van der Waals surface area contributed by atoms with E-state index in [4.69, 9.17) is 4.74 Å². The van der Waals surface area contributed by atoms with E-state index in [1.807, 2.05) is 7.05 Å². The van der Waals surface area contributed by atoms with E-state index in [-0.39, 0.29) is 5.92 Å². The summed E-state index contributed by atoms with van der Waals surface area (Å²) in [6.45, 7) is 6.52. The molecule has 0 bridgehead atoms. The van der Waals surface area contributed by atoms with Crippen LogP contribution in [0.5, 0.6) is 5.88 Å². The summed E-state index contributed by atoms with van der Waals surface area (Å²) in [5.74, 6) is 0.696. The third kappa shape index (κ3) is 3.93. The summed E-state index contributed by atoms with van der Waals surface area (Å²) < 4.78 is 14.4. The molecule has 0 amide bonds. The van der Waals surface area contributed by atoms with Gasteiger partial charge in [-0.05, 0) is 32.4 Å². The van der Waals surface area contributed by atoms with E-state index >= 15 is 0 Å². The number of aromatic nitrogens is 2. The van der Waals surface area contributed by atoms with Gasteiger partial charge in [-0.3, -0.25) is 0 Å². The lowest BCUT2D eigenvalue weighted by molar-refractivity contribution is -0.0747. The molecule has 1 saturated heterocycles. The van der Waals surface area contributed by atoms with Gasteiger partial charge in [-0.15, -0.1) is 4.37 Å². The monoisotopic (exact) mass is 313 g/mol. The van der Waals surface area contributed by atoms with Crippen molar-refractivity contribution in [1.29, 1.82) is 0 Å². The normalized spacial score (nSPS) is 27.0. The zero-order valence-corrected chi connectivity index (χ0v) is 14.2. The fourth-order valence-electron chi connectivity index (χ4n) is 2.84. The van der Waals surface area contributed by atoms with Crippen LogP contribution >= 0.6 is 11.7 Å². The van der Waals surface area contributed by atoms with Crippen molar-refractivity contribution >= 4 is 11.7 Å². The second-order valence-electron chi connectivity index (χ2n) is 6.18. The van der Waals surface area contributed by atoms with E-state index < -0.39 is 5.60 Å². The van der Waals surface area contributed by atoms with Gasteiger partial charge in [-0.25, -0.2) is 0 Å². The van der Waals surface area contributed by atoms with Crippen molar-refractivity contribution in [1.82, 2.24) is 13.6 Å². The van der Waals surface area contributed by atoms with Crippen molar-refractivity contribution in [2.45, 2.75) is 51.6 Å². The van der Waals surface area contributed by atoms with Crippen LogP contribution in [0.4, 0.5) is 0 Å². The number of nitrogens with zero attached hydrogens (tertiary/aromatic N) is 3. The minimum atomic E-state index is -0.946. The summed E-state index contributed by atoms with van der Waals surface area (Å²) in [6, 6.07) is 0. The van der Waals surface area contributed by atoms with E-state index in [2.05, 4.69) is 27.5 Å². The third-order valence-corrected chi connectivity index (χ3v) is 4.89. The highest BCUT2D eigenvalue weighted by atomic mass is 32.1. The largest absolute Gasteiger partial charge is 0.476 e. The Morgan fingerprint density at radius 1 is 1.38 bits per heavy atom. The molecule has 0 aliphatic carbocycles. The predicted molar refractivity (Wildman–Crippen MR) is 84.7 cm³/mol. The molecule has 2 heterocycles. The molecule has 0 spiro atoms. The molecule has 0 aromatic carbocycles. The summed E-state index contributed by atoms with van der Waals surface area (Å²) in [4.78, 5) is 2.14. The number of ether oxygens (including phenoxy) is 1. The number of hydrogen-bond acceptors (Lipinski definition) is 6. The SMILES string of the molecule is CCCCCCOc1nsnc1C1(O)CN(C)CCC1C. The molecule has 1 N–H and O–H groups in total. The standard InChI is InChI=1S/C15H27N3O2S/c1-4-5-6-7-10-20-14-13(16-21-17-14)15(19)11-18(3)9-8-12(15)2/h12,19H,4-11H2,1-3H3. The molecule has 0 saturated carbocycles. The second-order valence-corrected chi connectivity index (χ2v) is 6.71. The average Bonchev–Trinajstić information content (AvgIpc) is 2.92. The first-order valence-corrected chi connectivity index (χ1v) is 8.67. The van der Waals surface area contributed by atoms with Crippen LogP contribution in [0, 0.1) is 5.92 Å². The van der Waals surface area contributed by atoms with Crippen LogP contribution in [-0.4, -0.2) is 45.5 Å². The Balaban J connectivity index is 2.01. The van der Waals surface area contributed by atoms with Crippen LogP contribution in [0.3, 0.4) is 0 Å². The lowest BCUT2D eigenvalue weighted by atomic mass is 9.80. The summed E-state index contributed by atoms with van der Waals surface area (Å²) in [7, 11) is 2.03. The van der Waals surface area contributed by atoms with Crippen molar-refractivity contribution in [2.24, 2.45) is 5.92 Å². The molecular weight excluding hydrogens is 286 g/mol. The average molecular weight is 313 g/mol. The summed E-state index contributed by atoms with van der Waals surface area (Å²) in [5, 5.41) is 11.1. The second kappa shape index (κ2) is 7.51. The van der Waals surface area contributed by atoms with Crippen LogP contribution in [0.1, 0.15) is 51.6 Å². The fraction of sp³-hybridized carbons (Fsp3) is 0.867. The molecule has 2 unspecified atom stereocenters. The van der Waals surface area contributed by atoms with Gasteiger partial charge in [0.2, 0.25) is 0 Å². The maximum absolute atomic E-state index is 11.1. The number of hydrogen-bond donors (Lipinski definition) is 1. The Bertz CT molecular complexity index is 440. The van der Waals surface area contributed by atoms with E-state index in [9.17, 15) is 5.11 Å². The first-order chi connectivity index (χ1) is 10.1. The maximum Gasteiger partial charge on any atom is 0.252 e. The number of unbranched alkanes of at least 4 members (excludes halogenated alkanes) is 3. The number of likely N-dealkylation sites (tertiary alicyclic amines) is 1. The van der Waals surface area contributed by atoms with Crippen molar-refractivity contribution in [3.8, 4) is 5.88 Å². The van der Waals surface area contributed by atoms with Gasteiger partial charge in [0.25, 0.3) is 5.88 Å². The van der Waals surface area contributed by atoms with Crippen LogP contribution in [-0.2, 0) is 5.60 Å². The van der Waals surface area contributed by atoms with Crippen molar-refractivity contribution in [3.05, 3.63) is 5.69 Å². The molecular formula is C15H27N3O2S. The Hall–Kier alpha value is -0.720. The minimum Gasteiger partial charge on any atom is -0.476 e. The zero-order chi connectivity index (χ0) is 15.3. The van der Waals surface area contributed by atoms with E-state index in [0.717, 1.165) is 31.1 Å². The van der Waals surface area contributed by atoms with Crippen molar-refractivity contribution in [3.63, 3.8) is 0 Å². The maximum atomic E-state index is 11.1. The number of likely N-dealkylation sites (N-methyl/N-ethyl adjacent to an activating group) is 1. The fourth-order valence-corrected chi connectivity index (χ4v) is 3.42. The third-order valence-electron chi connectivity index (χ3n) is 4.38. The summed E-state index contributed by atoms with van der Waals surface area (Å²) in [5.41, 5.74) is -0.319. The Morgan fingerprint density at radius 2 is 2.19 bits per heavy atom. The minimum absolute atomic E-state index is 0.167. The Kier molecular flexibility index (Phi) is 5.96. The Morgan fingerprint density at radius 3 is 2.95 bits per heavy atom. The van der Waals surface area contributed by atoms with E-state index in [1.165, 1.54) is 19.3 Å². The summed E-state index contributed by atoms with van der Waals surface area (Å²) in [6.07, 6.45) is 5.61. The quantitative estimate of drug-likeness (QED) is 0.784. The highest BCUT2D eigenvalue weighted by Gasteiger charge is 2.44. The van der Waals surface area contributed by atoms with Gasteiger partial charge < -0.3 is 14.7 Å². The van der Waals surface area contributed by atoms with Gasteiger partial charge in [0.05, 0.1) is 18.3 Å². The number of piperidine rings is 1. The molecule has 5 nitrogen and oxygen atoms in total. The lowest BCUT2D eigenvalue weighted by Gasteiger charge is -2.41. The zero-order valence-electron chi connectivity index (χ0n) is 13.3. The first-order valence-electron chi connectivity index (χ1n) is 7.94. The molecule has 21 heavy (non-hydrogen) atoms. The summed E-state index contributed by atoms with van der Waals surface area (Å²) >= 11 is 1.13. The number of β-amino-alcohol motifs (C(OH)–C–C–N with tert-alkyl or cyclic N) is 1. The molecule has 1 fully saturated rings. The molecule has 120 valence electrons. The predicted octanol–water partition coefficient (Wildman–Crippen LogP) is 2.66. The molecule has 6 heteroatoms. The molecule has 1 aromatic rings. The van der Waals surface area contributed by atoms with Crippen molar-refractivity contribution in [2.75, 3.05) is 26.7 Å². The Labute approximate surface area is 131 Å². The molecule has 1 aliphatic rings.